The van der Waals surface area contributed by atoms with Crippen LogP contribution < -0.4 is 5.32 Å². The van der Waals surface area contributed by atoms with Gasteiger partial charge in [-0.3, -0.25) is 0 Å². The molecule has 0 aliphatic carbocycles. The van der Waals surface area contributed by atoms with Crippen LogP contribution in [-0.2, 0) is 4.74 Å². The summed E-state index contributed by atoms with van der Waals surface area (Å²) in [5.74, 6) is 0. The number of hydrogen-bond donors (Lipinski definition) is 1. The van der Waals surface area contributed by atoms with Crippen LogP contribution >= 0.6 is 15.9 Å². The number of morpholine rings is 1. The Kier molecular flexibility index (Phi) is 4.47. The standard InChI is InChI=1S/C14H19BrN2O2/c1-9-6-12(15)4-5-13(9)16-14(18)17-7-10(2)19-11(3)8-17/h4-6,10-11H,7-8H2,1-3H3,(H,16,18)/t10-,11+. The molecule has 0 spiro atoms. The summed E-state index contributed by atoms with van der Waals surface area (Å²) in [6.45, 7) is 7.21. The maximum atomic E-state index is 12.2. The van der Waals surface area contributed by atoms with Crippen LogP contribution in [0.25, 0.3) is 0 Å². The molecule has 0 aromatic heterocycles. The summed E-state index contributed by atoms with van der Waals surface area (Å²) < 4.78 is 6.64. The van der Waals surface area contributed by atoms with Crippen molar-refractivity contribution in [1.29, 1.82) is 0 Å². The number of anilines is 1. The molecule has 2 rings (SSSR count). The monoisotopic (exact) mass is 326 g/mol. The number of rotatable bonds is 1. The number of aryl methyl sites for hydroxylation is 1. The van der Waals surface area contributed by atoms with Gasteiger partial charge in [-0.1, -0.05) is 15.9 Å². The van der Waals surface area contributed by atoms with Crippen molar-refractivity contribution in [2.45, 2.75) is 33.0 Å². The molecular formula is C14H19BrN2O2. The molecule has 1 aromatic rings. The van der Waals surface area contributed by atoms with Crippen molar-refractivity contribution in [3.63, 3.8) is 0 Å². The van der Waals surface area contributed by atoms with E-state index < -0.39 is 0 Å². The molecule has 1 fully saturated rings. The van der Waals surface area contributed by atoms with Gasteiger partial charge in [-0.05, 0) is 44.5 Å². The molecule has 2 atom stereocenters. The van der Waals surface area contributed by atoms with Gasteiger partial charge < -0.3 is 15.0 Å². The first-order valence-electron chi connectivity index (χ1n) is 6.43. The minimum absolute atomic E-state index is 0.0626. The summed E-state index contributed by atoms with van der Waals surface area (Å²) in [5.41, 5.74) is 1.89. The van der Waals surface area contributed by atoms with E-state index in [2.05, 4.69) is 21.2 Å². The molecule has 0 bridgehead atoms. The van der Waals surface area contributed by atoms with Gasteiger partial charge >= 0.3 is 6.03 Å². The molecule has 1 aromatic carbocycles. The highest BCUT2D eigenvalue weighted by atomic mass is 79.9. The fourth-order valence-corrected chi connectivity index (χ4v) is 2.78. The lowest BCUT2D eigenvalue weighted by Crippen LogP contribution is -2.49. The third-order valence-electron chi connectivity index (χ3n) is 3.14. The largest absolute Gasteiger partial charge is 0.372 e. The molecule has 1 N–H and O–H groups in total. The predicted octanol–water partition coefficient (Wildman–Crippen LogP) is 3.40. The van der Waals surface area contributed by atoms with Crippen molar-refractivity contribution in [3.8, 4) is 0 Å². The molecule has 0 unspecified atom stereocenters. The third kappa shape index (κ3) is 3.70. The Morgan fingerprint density at radius 1 is 1.37 bits per heavy atom. The second-order valence-corrected chi connectivity index (χ2v) is 5.97. The molecule has 19 heavy (non-hydrogen) atoms. The lowest BCUT2D eigenvalue weighted by atomic mass is 10.2. The number of amides is 2. The molecule has 5 heteroatoms. The molecule has 4 nitrogen and oxygen atoms in total. The molecule has 1 heterocycles. The zero-order valence-electron chi connectivity index (χ0n) is 11.4. The van der Waals surface area contributed by atoms with Crippen molar-refractivity contribution in [3.05, 3.63) is 28.2 Å². The van der Waals surface area contributed by atoms with E-state index in [-0.39, 0.29) is 18.2 Å². The van der Waals surface area contributed by atoms with Gasteiger partial charge in [0.1, 0.15) is 0 Å². The summed E-state index contributed by atoms with van der Waals surface area (Å²) in [4.78, 5) is 14.0. The molecule has 104 valence electrons. The van der Waals surface area contributed by atoms with E-state index >= 15 is 0 Å². The Hall–Kier alpha value is -1.07. The van der Waals surface area contributed by atoms with Crippen molar-refractivity contribution in [1.82, 2.24) is 4.90 Å². The zero-order valence-corrected chi connectivity index (χ0v) is 13.0. The number of carbonyl (C=O) groups excluding carboxylic acids is 1. The van der Waals surface area contributed by atoms with Gasteiger partial charge in [-0.25, -0.2) is 4.79 Å². The van der Waals surface area contributed by atoms with Gasteiger partial charge in [0, 0.05) is 23.2 Å². The SMILES string of the molecule is Cc1cc(Br)ccc1NC(=O)N1C[C@@H](C)O[C@@H](C)C1. The second-order valence-electron chi connectivity index (χ2n) is 5.05. The Bertz CT molecular complexity index is 469. The highest BCUT2D eigenvalue weighted by Crippen LogP contribution is 2.21. The maximum Gasteiger partial charge on any atom is 0.322 e. The van der Waals surface area contributed by atoms with Crippen molar-refractivity contribution < 1.29 is 9.53 Å². The van der Waals surface area contributed by atoms with E-state index in [1.165, 1.54) is 0 Å². The van der Waals surface area contributed by atoms with Crippen LogP contribution in [0.4, 0.5) is 10.5 Å². The van der Waals surface area contributed by atoms with Crippen molar-refractivity contribution >= 4 is 27.6 Å². The van der Waals surface area contributed by atoms with E-state index in [4.69, 9.17) is 4.74 Å². The number of nitrogens with one attached hydrogen (secondary N) is 1. The van der Waals surface area contributed by atoms with E-state index in [0.29, 0.717) is 13.1 Å². The van der Waals surface area contributed by atoms with Crippen LogP contribution in [0.5, 0.6) is 0 Å². The first kappa shape index (κ1) is 14.3. The third-order valence-corrected chi connectivity index (χ3v) is 3.63. The van der Waals surface area contributed by atoms with Crippen molar-refractivity contribution in [2.75, 3.05) is 18.4 Å². The number of carbonyl (C=O) groups is 1. The van der Waals surface area contributed by atoms with Gasteiger partial charge in [0.05, 0.1) is 12.2 Å². The summed E-state index contributed by atoms with van der Waals surface area (Å²) in [7, 11) is 0. The number of halogens is 1. The average molecular weight is 327 g/mol. The zero-order chi connectivity index (χ0) is 14.0. The Balaban J connectivity index is 2.04. The molecule has 1 saturated heterocycles. The van der Waals surface area contributed by atoms with E-state index in [9.17, 15) is 4.79 Å². The van der Waals surface area contributed by atoms with Crippen LogP contribution in [0.15, 0.2) is 22.7 Å². The number of nitrogens with zero attached hydrogens (tertiary/aromatic N) is 1. The number of hydrogen-bond acceptors (Lipinski definition) is 2. The number of benzene rings is 1. The molecular weight excluding hydrogens is 308 g/mol. The number of urea groups is 1. The highest BCUT2D eigenvalue weighted by molar-refractivity contribution is 9.10. The fourth-order valence-electron chi connectivity index (χ4n) is 2.31. The summed E-state index contributed by atoms with van der Waals surface area (Å²) in [6, 6.07) is 5.75. The minimum atomic E-state index is -0.0626. The minimum Gasteiger partial charge on any atom is -0.372 e. The van der Waals surface area contributed by atoms with E-state index in [1.807, 2.05) is 39.0 Å². The second kappa shape index (κ2) is 5.92. The molecule has 0 radical (unpaired) electrons. The van der Waals surface area contributed by atoms with Crippen LogP contribution in [0.1, 0.15) is 19.4 Å². The first-order chi connectivity index (χ1) is 8.95. The van der Waals surface area contributed by atoms with Crippen LogP contribution in [0.3, 0.4) is 0 Å². The molecule has 1 aliphatic heterocycles. The van der Waals surface area contributed by atoms with Gasteiger partial charge in [0.15, 0.2) is 0 Å². The highest BCUT2D eigenvalue weighted by Gasteiger charge is 2.25. The van der Waals surface area contributed by atoms with Gasteiger partial charge in [-0.2, -0.15) is 0 Å². The topological polar surface area (TPSA) is 41.6 Å². The molecule has 0 saturated carbocycles. The van der Waals surface area contributed by atoms with Gasteiger partial charge in [0.25, 0.3) is 0 Å². The predicted molar refractivity (Wildman–Crippen MR) is 79.5 cm³/mol. The van der Waals surface area contributed by atoms with Crippen LogP contribution in [0, 0.1) is 6.92 Å². The normalized spacial score (nSPS) is 23.3. The van der Waals surface area contributed by atoms with E-state index in [1.54, 1.807) is 4.90 Å². The lowest BCUT2D eigenvalue weighted by molar-refractivity contribution is -0.0530. The maximum absolute atomic E-state index is 12.2. The van der Waals surface area contributed by atoms with Crippen LogP contribution in [0.2, 0.25) is 0 Å². The summed E-state index contributed by atoms with van der Waals surface area (Å²) >= 11 is 3.42. The Morgan fingerprint density at radius 3 is 2.58 bits per heavy atom. The van der Waals surface area contributed by atoms with Crippen molar-refractivity contribution in [2.24, 2.45) is 0 Å². The number of ether oxygens (including phenoxy) is 1. The fraction of sp³-hybridized carbons (Fsp3) is 0.500. The summed E-state index contributed by atoms with van der Waals surface area (Å²) in [5, 5.41) is 2.96. The van der Waals surface area contributed by atoms with Crippen LogP contribution in [-0.4, -0.2) is 36.2 Å². The lowest BCUT2D eigenvalue weighted by Gasteiger charge is -2.35. The molecule has 1 aliphatic rings. The smallest absolute Gasteiger partial charge is 0.322 e. The van der Waals surface area contributed by atoms with Gasteiger partial charge in [0.2, 0.25) is 0 Å². The Morgan fingerprint density at radius 2 is 2.00 bits per heavy atom. The molecule has 2 amide bonds. The Labute approximate surface area is 122 Å². The quantitative estimate of drug-likeness (QED) is 0.859. The average Bonchev–Trinajstić information content (AvgIpc) is 2.31. The van der Waals surface area contributed by atoms with E-state index in [0.717, 1.165) is 15.7 Å². The summed E-state index contributed by atoms with van der Waals surface area (Å²) in [6.07, 6.45) is 0.168. The first-order valence-corrected chi connectivity index (χ1v) is 7.22. The van der Waals surface area contributed by atoms with Gasteiger partial charge in [-0.15, -0.1) is 0 Å².